The summed E-state index contributed by atoms with van der Waals surface area (Å²) in [5.74, 6) is 2.37. The summed E-state index contributed by atoms with van der Waals surface area (Å²) in [6.45, 7) is 4.16. The van der Waals surface area contributed by atoms with E-state index in [0.717, 1.165) is 28.2 Å². The van der Waals surface area contributed by atoms with Gasteiger partial charge in [-0.25, -0.2) is 4.98 Å². The van der Waals surface area contributed by atoms with Crippen molar-refractivity contribution in [3.63, 3.8) is 0 Å². The molecule has 0 saturated heterocycles. The van der Waals surface area contributed by atoms with Crippen LogP contribution in [0.1, 0.15) is 13.8 Å². The molecule has 0 aliphatic rings. The van der Waals surface area contributed by atoms with Crippen molar-refractivity contribution < 1.29 is 9.47 Å². The molecule has 0 aliphatic carbocycles. The third-order valence-corrected chi connectivity index (χ3v) is 2.63. The molecule has 4 heteroatoms. The van der Waals surface area contributed by atoms with E-state index in [4.69, 9.17) is 9.47 Å². The van der Waals surface area contributed by atoms with Crippen LogP contribution in [0.25, 0.3) is 10.9 Å². The lowest BCUT2D eigenvalue weighted by atomic mass is 10.2. The zero-order chi connectivity index (χ0) is 13.1. The highest BCUT2D eigenvalue weighted by molar-refractivity contribution is 5.88. The Balaban J connectivity index is 2.53. The van der Waals surface area contributed by atoms with Crippen molar-refractivity contribution in [2.75, 3.05) is 19.5 Å². The number of fused-ring (bicyclic) bond motifs is 1. The first-order valence-electron chi connectivity index (χ1n) is 5.93. The normalized spacial score (nSPS) is 10.7. The van der Waals surface area contributed by atoms with E-state index in [-0.39, 0.29) is 0 Å². The molecule has 0 amide bonds. The van der Waals surface area contributed by atoms with Gasteiger partial charge in [0.1, 0.15) is 17.3 Å². The van der Waals surface area contributed by atoms with Gasteiger partial charge in [-0.1, -0.05) is 0 Å². The fraction of sp³-hybridized carbons (Fsp3) is 0.357. The summed E-state index contributed by atoms with van der Waals surface area (Å²) in [6.07, 6.45) is 0. The van der Waals surface area contributed by atoms with Gasteiger partial charge in [-0.2, -0.15) is 0 Å². The Morgan fingerprint density at radius 1 is 1.11 bits per heavy atom. The molecule has 0 aliphatic heterocycles. The number of hydrogen-bond donors (Lipinski definition) is 1. The van der Waals surface area contributed by atoms with Crippen LogP contribution >= 0.6 is 0 Å². The number of aromatic nitrogens is 1. The van der Waals surface area contributed by atoms with Crippen LogP contribution in [0.15, 0.2) is 24.3 Å². The van der Waals surface area contributed by atoms with Gasteiger partial charge in [0.25, 0.3) is 0 Å². The van der Waals surface area contributed by atoms with Crippen molar-refractivity contribution in [1.82, 2.24) is 4.98 Å². The Hall–Kier alpha value is -1.97. The lowest BCUT2D eigenvalue weighted by Crippen LogP contribution is -2.10. The highest BCUT2D eigenvalue weighted by Crippen LogP contribution is 2.30. The fourth-order valence-corrected chi connectivity index (χ4v) is 1.84. The molecule has 0 saturated carbocycles. The Morgan fingerprint density at radius 2 is 1.89 bits per heavy atom. The molecule has 1 N–H and O–H groups in total. The van der Waals surface area contributed by atoms with Gasteiger partial charge in [0.05, 0.1) is 19.7 Å². The maximum atomic E-state index is 5.35. The maximum absolute atomic E-state index is 5.35. The number of anilines is 1. The molecule has 0 radical (unpaired) electrons. The van der Waals surface area contributed by atoms with E-state index < -0.39 is 0 Å². The Bertz CT molecular complexity index is 553. The second-order valence-electron chi connectivity index (χ2n) is 4.39. The van der Waals surface area contributed by atoms with E-state index >= 15 is 0 Å². The van der Waals surface area contributed by atoms with Gasteiger partial charge in [0.15, 0.2) is 0 Å². The third-order valence-electron chi connectivity index (χ3n) is 2.63. The maximum Gasteiger partial charge on any atom is 0.131 e. The number of benzene rings is 1. The molecule has 96 valence electrons. The van der Waals surface area contributed by atoms with Crippen molar-refractivity contribution in [2.45, 2.75) is 19.9 Å². The molecular formula is C14H18N2O2. The Kier molecular flexibility index (Phi) is 3.55. The van der Waals surface area contributed by atoms with Gasteiger partial charge >= 0.3 is 0 Å². The smallest absolute Gasteiger partial charge is 0.131 e. The number of hydrogen-bond acceptors (Lipinski definition) is 4. The van der Waals surface area contributed by atoms with E-state index in [1.807, 2.05) is 24.3 Å². The summed E-state index contributed by atoms with van der Waals surface area (Å²) < 4.78 is 10.6. The van der Waals surface area contributed by atoms with E-state index in [1.165, 1.54) is 0 Å². The predicted molar refractivity (Wildman–Crippen MR) is 73.6 cm³/mol. The molecular weight excluding hydrogens is 228 g/mol. The van der Waals surface area contributed by atoms with Gasteiger partial charge < -0.3 is 14.8 Å². The number of pyridine rings is 1. The molecule has 1 aromatic carbocycles. The molecule has 1 heterocycles. The van der Waals surface area contributed by atoms with Crippen LogP contribution in [0.3, 0.4) is 0 Å². The standard InChI is InChI=1S/C14H18N2O2/c1-9(2)15-14-6-5-11-12(16-14)7-10(17-3)8-13(11)18-4/h5-9H,1-4H3,(H,15,16). The molecule has 0 bridgehead atoms. The number of nitrogens with one attached hydrogen (secondary N) is 1. The number of nitrogens with zero attached hydrogens (tertiary/aromatic N) is 1. The fourth-order valence-electron chi connectivity index (χ4n) is 1.84. The Morgan fingerprint density at radius 3 is 2.50 bits per heavy atom. The van der Waals surface area contributed by atoms with E-state index in [2.05, 4.69) is 24.1 Å². The van der Waals surface area contributed by atoms with E-state index in [0.29, 0.717) is 6.04 Å². The monoisotopic (exact) mass is 246 g/mol. The molecule has 0 unspecified atom stereocenters. The van der Waals surface area contributed by atoms with Crippen molar-refractivity contribution in [2.24, 2.45) is 0 Å². The van der Waals surface area contributed by atoms with Gasteiger partial charge in [-0.05, 0) is 26.0 Å². The van der Waals surface area contributed by atoms with E-state index in [1.54, 1.807) is 14.2 Å². The zero-order valence-corrected chi connectivity index (χ0v) is 11.2. The molecule has 0 fully saturated rings. The minimum absolute atomic E-state index is 0.349. The van der Waals surface area contributed by atoms with Gasteiger partial charge in [0, 0.05) is 23.6 Å². The lowest BCUT2D eigenvalue weighted by Gasteiger charge is -2.12. The van der Waals surface area contributed by atoms with Crippen molar-refractivity contribution in [3.05, 3.63) is 24.3 Å². The topological polar surface area (TPSA) is 43.4 Å². The summed E-state index contributed by atoms with van der Waals surface area (Å²) in [6, 6.07) is 8.08. The summed E-state index contributed by atoms with van der Waals surface area (Å²) in [4.78, 5) is 4.56. The van der Waals surface area contributed by atoms with Crippen molar-refractivity contribution in [1.29, 1.82) is 0 Å². The number of rotatable bonds is 4. The quantitative estimate of drug-likeness (QED) is 0.900. The summed E-state index contributed by atoms with van der Waals surface area (Å²) in [5, 5.41) is 4.26. The third kappa shape index (κ3) is 2.47. The number of ether oxygens (including phenoxy) is 2. The first-order chi connectivity index (χ1) is 8.63. The zero-order valence-electron chi connectivity index (χ0n) is 11.2. The summed E-state index contributed by atoms with van der Waals surface area (Å²) in [5.41, 5.74) is 0.858. The first-order valence-corrected chi connectivity index (χ1v) is 5.93. The van der Waals surface area contributed by atoms with Crippen LogP contribution in [0, 0.1) is 0 Å². The van der Waals surface area contributed by atoms with Crippen LogP contribution in [-0.4, -0.2) is 25.2 Å². The van der Waals surface area contributed by atoms with Crippen LogP contribution in [0.4, 0.5) is 5.82 Å². The SMILES string of the molecule is COc1cc(OC)c2ccc(NC(C)C)nc2c1. The second-order valence-corrected chi connectivity index (χ2v) is 4.39. The van der Waals surface area contributed by atoms with Crippen molar-refractivity contribution >= 4 is 16.7 Å². The number of methoxy groups -OCH3 is 2. The van der Waals surface area contributed by atoms with E-state index in [9.17, 15) is 0 Å². The average Bonchev–Trinajstić information content (AvgIpc) is 2.36. The van der Waals surface area contributed by atoms with Crippen LogP contribution in [0.2, 0.25) is 0 Å². The molecule has 18 heavy (non-hydrogen) atoms. The first kappa shape index (κ1) is 12.5. The minimum Gasteiger partial charge on any atom is -0.497 e. The molecule has 4 nitrogen and oxygen atoms in total. The van der Waals surface area contributed by atoms with Gasteiger partial charge in [-0.3, -0.25) is 0 Å². The van der Waals surface area contributed by atoms with Crippen molar-refractivity contribution in [3.8, 4) is 11.5 Å². The highest BCUT2D eigenvalue weighted by Gasteiger charge is 2.07. The summed E-state index contributed by atoms with van der Waals surface area (Å²) in [7, 11) is 3.28. The Labute approximate surface area is 107 Å². The van der Waals surface area contributed by atoms with Gasteiger partial charge in [-0.15, -0.1) is 0 Å². The average molecular weight is 246 g/mol. The van der Waals surface area contributed by atoms with Gasteiger partial charge in [0.2, 0.25) is 0 Å². The lowest BCUT2D eigenvalue weighted by molar-refractivity contribution is 0.398. The van der Waals surface area contributed by atoms with Crippen LogP contribution in [-0.2, 0) is 0 Å². The molecule has 2 aromatic rings. The summed E-state index contributed by atoms with van der Waals surface area (Å²) >= 11 is 0. The largest absolute Gasteiger partial charge is 0.497 e. The van der Waals surface area contributed by atoms with Crippen LogP contribution in [0.5, 0.6) is 11.5 Å². The minimum atomic E-state index is 0.349. The molecule has 0 atom stereocenters. The highest BCUT2D eigenvalue weighted by atomic mass is 16.5. The second kappa shape index (κ2) is 5.12. The molecule has 2 rings (SSSR count). The molecule has 1 aromatic heterocycles. The molecule has 0 spiro atoms. The van der Waals surface area contributed by atoms with Crippen LogP contribution < -0.4 is 14.8 Å². The predicted octanol–water partition coefficient (Wildman–Crippen LogP) is 3.07.